The molecule has 1 aromatic rings. The Kier molecular flexibility index (Phi) is 5.64. The van der Waals surface area contributed by atoms with E-state index in [1.54, 1.807) is 7.11 Å². The molecule has 20 heavy (non-hydrogen) atoms. The molecule has 2 N–H and O–H groups in total. The molecule has 0 bridgehead atoms. The maximum Gasteiger partial charge on any atom is 0.161 e. The maximum atomic E-state index is 5.89. The van der Waals surface area contributed by atoms with Crippen molar-refractivity contribution in [3.63, 3.8) is 0 Å². The Bertz CT molecular complexity index is 426. The lowest BCUT2D eigenvalue weighted by Crippen LogP contribution is -2.42. The Balaban J connectivity index is 1.97. The molecule has 1 saturated heterocycles. The summed E-state index contributed by atoms with van der Waals surface area (Å²) < 4.78 is 16.9. The topological polar surface area (TPSA) is 57.0 Å². The minimum atomic E-state index is 0.108. The molecule has 0 amide bonds. The zero-order valence-electron chi connectivity index (χ0n) is 12.3. The predicted molar refractivity (Wildman–Crippen MR) is 78.5 cm³/mol. The van der Waals surface area contributed by atoms with Gasteiger partial charge in [0.25, 0.3) is 0 Å². The van der Waals surface area contributed by atoms with Crippen molar-refractivity contribution in [3.05, 3.63) is 23.8 Å². The standard InChI is InChI=1S/C15H24N2O3/c1-17-7-8-19-13(10-17)11-20-15-9-12(5-6-16)3-4-14(15)18-2/h3-4,9,13H,5-8,10-11,16H2,1-2H3. The largest absolute Gasteiger partial charge is 0.493 e. The van der Waals surface area contributed by atoms with Crippen molar-refractivity contribution in [1.29, 1.82) is 0 Å². The summed E-state index contributed by atoms with van der Waals surface area (Å²) in [6.45, 7) is 3.79. The Morgan fingerprint density at radius 3 is 2.95 bits per heavy atom. The SMILES string of the molecule is COc1ccc(CCN)cc1OCC1CN(C)CCO1. The fraction of sp³-hybridized carbons (Fsp3) is 0.600. The molecule has 5 heteroatoms. The summed E-state index contributed by atoms with van der Waals surface area (Å²) in [6.07, 6.45) is 0.944. The fourth-order valence-electron chi connectivity index (χ4n) is 2.31. The highest BCUT2D eigenvalue weighted by molar-refractivity contribution is 5.43. The number of benzene rings is 1. The van der Waals surface area contributed by atoms with Gasteiger partial charge in [-0.05, 0) is 37.7 Å². The van der Waals surface area contributed by atoms with Crippen molar-refractivity contribution >= 4 is 0 Å². The van der Waals surface area contributed by atoms with Crippen molar-refractivity contribution < 1.29 is 14.2 Å². The molecule has 1 aliphatic rings. The van der Waals surface area contributed by atoms with Crippen LogP contribution in [0.1, 0.15) is 5.56 Å². The van der Waals surface area contributed by atoms with Gasteiger partial charge in [0, 0.05) is 13.1 Å². The Hall–Kier alpha value is -1.30. The first-order chi connectivity index (χ1) is 9.72. The van der Waals surface area contributed by atoms with Gasteiger partial charge in [-0.25, -0.2) is 0 Å². The number of rotatable bonds is 6. The van der Waals surface area contributed by atoms with Gasteiger partial charge in [0.05, 0.1) is 13.7 Å². The van der Waals surface area contributed by atoms with Gasteiger partial charge < -0.3 is 24.8 Å². The van der Waals surface area contributed by atoms with E-state index in [1.165, 1.54) is 0 Å². The van der Waals surface area contributed by atoms with Gasteiger partial charge in [-0.1, -0.05) is 6.07 Å². The van der Waals surface area contributed by atoms with Crippen LogP contribution in [0.2, 0.25) is 0 Å². The number of methoxy groups -OCH3 is 1. The number of nitrogens with zero attached hydrogens (tertiary/aromatic N) is 1. The zero-order chi connectivity index (χ0) is 14.4. The second-order valence-electron chi connectivity index (χ2n) is 5.09. The van der Waals surface area contributed by atoms with E-state index in [2.05, 4.69) is 11.9 Å². The molecular weight excluding hydrogens is 256 g/mol. The van der Waals surface area contributed by atoms with Crippen LogP contribution in [0.5, 0.6) is 11.5 Å². The number of nitrogens with two attached hydrogens (primary N) is 1. The first-order valence-electron chi connectivity index (χ1n) is 7.03. The Labute approximate surface area is 120 Å². The van der Waals surface area contributed by atoms with Crippen molar-refractivity contribution in [2.75, 3.05) is 47.0 Å². The number of morpholine rings is 1. The smallest absolute Gasteiger partial charge is 0.161 e. The predicted octanol–water partition coefficient (Wildman–Crippen LogP) is 0.906. The van der Waals surface area contributed by atoms with Crippen LogP contribution in [-0.2, 0) is 11.2 Å². The van der Waals surface area contributed by atoms with Gasteiger partial charge in [0.15, 0.2) is 11.5 Å². The zero-order valence-corrected chi connectivity index (χ0v) is 12.3. The molecule has 0 aromatic heterocycles. The average Bonchev–Trinajstić information content (AvgIpc) is 2.46. The third-order valence-electron chi connectivity index (χ3n) is 3.43. The summed E-state index contributed by atoms with van der Waals surface area (Å²) in [5.41, 5.74) is 6.75. The summed E-state index contributed by atoms with van der Waals surface area (Å²) in [6, 6.07) is 5.94. The lowest BCUT2D eigenvalue weighted by atomic mass is 10.1. The van der Waals surface area contributed by atoms with E-state index in [4.69, 9.17) is 19.9 Å². The van der Waals surface area contributed by atoms with E-state index < -0.39 is 0 Å². The maximum absolute atomic E-state index is 5.89. The third kappa shape index (κ3) is 4.10. The lowest BCUT2D eigenvalue weighted by molar-refractivity contribution is -0.0406. The molecule has 0 aliphatic carbocycles. The molecular formula is C15H24N2O3. The second kappa shape index (κ2) is 7.47. The van der Waals surface area contributed by atoms with Gasteiger partial charge in [0.2, 0.25) is 0 Å². The van der Waals surface area contributed by atoms with Crippen LogP contribution in [0.15, 0.2) is 18.2 Å². The van der Waals surface area contributed by atoms with Gasteiger partial charge in [-0.2, -0.15) is 0 Å². The van der Waals surface area contributed by atoms with E-state index >= 15 is 0 Å². The number of hydrogen-bond acceptors (Lipinski definition) is 5. The highest BCUT2D eigenvalue weighted by atomic mass is 16.5. The van der Waals surface area contributed by atoms with Crippen molar-refractivity contribution in [1.82, 2.24) is 4.90 Å². The summed E-state index contributed by atoms with van der Waals surface area (Å²) in [5.74, 6) is 1.50. The number of likely N-dealkylation sites (N-methyl/N-ethyl adjacent to an activating group) is 1. The van der Waals surface area contributed by atoms with Gasteiger partial charge >= 0.3 is 0 Å². The van der Waals surface area contributed by atoms with E-state index in [-0.39, 0.29) is 6.10 Å². The Morgan fingerprint density at radius 2 is 2.25 bits per heavy atom. The first-order valence-corrected chi connectivity index (χ1v) is 7.03. The van der Waals surface area contributed by atoms with Crippen LogP contribution in [-0.4, -0.2) is 58.0 Å². The van der Waals surface area contributed by atoms with Crippen molar-refractivity contribution in [2.45, 2.75) is 12.5 Å². The van der Waals surface area contributed by atoms with Crippen LogP contribution in [0.3, 0.4) is 0 Å². The molecule has 0 spiro atoms. The molecule has 112 valence electrons. The first kappa shape index (κ1) is 15.1. The van der Waals surface area contributed by atoms with Crippen LogP contribution in [0, 0.1) is 0 Å². The quantitative estimate of drug-likeness (QED) is 0.839. The third-order valence-corrected chi connectivity index (χ3v) is 3.43. The molecule has 1 heterocycles. The van der Waals surface area contributed by atoms with Crippen molar-refractivity contribution in [3.8, 4) is 11.5 Å². The highest BCUT2D eigenvalue weighted by Gasteiger charge is 2.19. The lowest BCUT2D eigenvalue weighted by Gasteiger charge is -2.30. The summed E-state index contributed by atoms with van der Waals surface area (Å²) in [5, 5.41) is 0. The number of hydrogen-bond donors (Lipinski definition) is 1. The molecule has 0 radical (unpaired) electrons. The summed E-state index contributed by atoms with van der Waals surface area (Å²) >= 11 is 0. The minimum absolute atomic E-state index is 0.108. The van der Waals surface area contributed by atoms with Crippen molar-refractivity contribution in [2.24, 2.45) is 5.73 Å². The summed E-state index contributed by atoms with van der Waals surface area (Å²) in [4.78, 5) is 2.25. The van der Waals surface area contributed by atoms with Crippen LogP contribution >= 0.6 is 0 Å². The molecule has 0 saturated carbocycles. The van der Waals surface area contributed by atoms with E-state index in [9.17, 15) is 0 Å². The average molecular weight is 280 g/mol. The van der Waals surface area contributed by atoms with Gasteiger partial charge in [-0.15, -0.1) is 0 Å². The Morgan fingerprint density at radius 1 is 1.40 bits per heavy atom. The molecule has 1 aliphatic heterocycles. The highest BCUT2D eigenvalue weighted by Crippen LogP contribution is 2.28. The monoisotopic (exact) mass is 280 g/mol. The normalized spacial score (nSPS) is 19.9. The van der Waals surface area contributed by atoms with E-state index in [0.29, 0.717) is 13.2 Å². The van der Waals surface area contributed by atoms with Crippen LogP contribution in [0.25, 0.3) is 0 Å². The second-order valence-corrected chi connectivity index (χ2v) is 5.09. The van der Waals surface area contributed by atoms with Crippen LogP contribution < -0.4 is 15.2 Å². The summed E-state index contributed by atoms with van der Waals surface area (Å²) in [7, 11) is 3.74. The minimum Gasteiger partial charge on any atom is -0.493 e. The van der Waals surface area contributed by atoms with E-state index in [1.807, 2.05) is 18.2 Å². The molecule has 1 atom stereocenters. The van der Waals surface area contributed by atoms with Gasteiger partial charge in [-0.3, -0.25) is 0 Å². The van der Waals surface area contributed by atoms with E-state index in [0.717, 1.165) is 43.2 Å². The molecule has 1 aromatic carbocycles. The molecule has 2 rings (SSSR count). The van der Waals surface area contributed by atoms with Crippen LogP contribution in [0.4, 0.5) is 0 Å². The van der Waals surface area contributed by atoms with Gasteiger partial charge in [0.1, 0.15) is 12.7 Å². The molecule has 1 unspecified atom stereocenters. The molecule has 5 nitrogen and oxygen atoms in total. The molecule has 1 fully saturated rings. The fourth-order valence-corrected chi connectivity index (χ4v) is 2.31. The number of ether oxygens (including phenoxy) is 3.